The van der Waals surface area contributed by atoms with Crippen LogP contribution in [0.15, 0.2) is 35.4 Å². The molecule has 0 unspecified atom stereocenters. The fourth-order valence-electron chi connectivity index (χ4n) is 10.6. The summed E-state index contributed by atoms with van der Waals surface area (Å²) in [7, 11) is 4.78. The fourth-order valence-corrected chi connectivity index (χ4v) is 10.6. The van der Waals surface area contributed by atoms with E-state index in [1.54, 1.807) is 28.7 Å². The Balaban J connectivity index is 1.42. The molecule has 1 aromatic rings. The highest BCUT2D eigenvalue weighted by Gasteiger charge is 2.51. The minimum absolute atomic E-state index is 0.0153. The summed E-state index contributed by atoms with van der Waals surface area (Å²) < 4.78 is 23.0. The van der Waals surface area contributed by atoms with E-state index in [4.69, 9.17) is 24.5 Å². The molecule has 0 aromatic heterocycles. The molecular formula is C49H76N6O11. The number of fused-ring (bicyclic) bond motifs is 2. The van der Waals surface area contributed by atoms with E-state index in [2.05, 4.69) is 10.0 Å². The summed E-state index contributed by atoms with van der Waals surface area (Å²) in [6.07, 6.45) is 3.26. The number of piperidine rings is 1. The quantitative estimate of drug-likeness (QED) is 0.0399. The van der Waals surface area contributed by atoms with Crippen molar-refractivity contribution in [3.63, 3.8) is 0 Å². The number of benzene rings is 1. The Labute approximate surface area is 391 Å². The van der Waals surface area contributed by atoms with Gasteiger partial charge in [0.25, 0.3) is 0 Å². The molecule has 2 saturated heterocycles. The van der Waals surface area contributed by atoms with Crippen LogP contribution in [-0.4, -0.2) is 152 Å². The number of carboxylic acid groups (broad SMARTS) is 1. The van der Waals surface area contributed by atoms with Gasteiger partial charge in [-0.05, 0) is 67.4 Å². The molecule has 0 radical (unpaired) electrons. The van der Waals surface area contributed by atoms with Gasteiger partial charge in [-0.25, -0.2) is 0 Å². The third-order valence-electron chi connectivity index (χ3n) is 14.5. The predicted molar refractivity (Wildman–Crippen MR) is 247 cm³/mol. The predicted octanol–water partition coefficient (Wildman–Crippen LogP) is 6.15. The smallest absolute Gasteiger partial charge is 0.307 e. The second-order valence-corrected chi connectivity index (χ2v) is 18.9. The Hall–Kier alpha value is -4.41. The summed E-state index contributed by atoms with van der Waals surface area (Å²) in [6, 6.07) is 7.69. The van der Waals surface area contributed by atoms with Crippen molar-refractivity contribution in [2.24, 2.45) is 40.6 Å². The number of hydrogen-bond donors (Lipinski definition) is 1. The van der Waals surface area contributed by atoms with Crippen molar-refractivity contribution in [2.75, 3.05) is 60.8 Å². The van der Waals surface area contributed by atoms with Crippen molar-refractivity contribution < 1.29 is 52.8 Å². The first-order chi connectivity index (χ1) is 31.6. The van der Waals surface area contributed by atoms with Gasteiger partial charge in [-0.1, -0.05) is 76.5 Å². The summed E-state index contributed by atoms with van der Waals surface area (Å²) >= 11 is 0. The zero-order valence-electron chi connectivity index (χ0n) is 40.5. The van der Waals surface area contributed by atoms with Gasteiger partial charge in [0.05, 0.1) is 75.5 Å². The molecule has 1 aliphatic carbocycles. The zero-order chi connectivity index (χ0) is 48.5. The van der Waals surface area contributed by atoms with Crippen molar-refractivity contribution in [3.8, 4) is 0 Å². The number of azide groups is 1. The van der Waals surface area contributed by atoms with E-state index in [1.165, 1.54) is 14.2 Å². The Morgan fingerprint density at radius 3 is 2.23 bits per heavy atom. The molecule has 1 aromatic carbocycles. The SMILES string of the molecule is CC[C@H](C)[C@@H]([C@@H](CC(=O)N1CCC[C@H]1[C@H](OC)[C@@H](C)C(=O)C[C@@H](Cc1ccccc1)C(=O)O)OC)N(C)C(=O)[C@@H](CC(=O)[C@@H]1[C@H]2CC[C@H](C2)N1C(=O)CCOCCOCCN=[N+]=[N-])C(C)C. The standard InChI is InChI=1S/C49H76N6O11/c1-9-32(4)45(42(63-7)30-44(59)54-21-13-16-39(54)47(64-8)33(5)40(56)28-36(49(61)62)26-34-14-11-10-12-15-34)53(6)48(60)38(31(2)3)29-41(57)46-35-17-18-37(27-35)55(46)43(58)19-22-65-24-25-66-23-20-51-52-50/h10-12,14-15,31-33,35-39,42,45-47H,9,13,16-30H2,1-8H3,(H,61,62)/t32-,33-,35-,36+,37+,38-,39-,42+,45-,46-,47+/m0/s1. The maximum absolute atomic E-state index is 14.7. The number of ether oxygens (including phenoxy) is 4. The van der Waals surface area contributed by atoms with Gasteiger partial charge >= 0.3 is 5.97 Å². The monoisotopic (exact) mass is 925 g/mol. The average Bonchev–Trinajstić information content (AvgIpc) is 4.08. The molecule has 1 saturated carbocycles. The number of methoxy groups -OCH3 is 2. The van der Waals surface area contributed by atoms with Crippen LogP contribution < -0.4 is 0 Å². The molecule has 3 aliphatic rings. The molecule has 2 bridgehead atoms. The minimum atomic E-state index is -1.04. The molecule has 11 atom stereocenters. The molecule has 2 heterocycles. The number of aliphatic carboxylic acids is 1. The molecule has 17 heteroatoms. The third kappa shape index (κ3) is 14.3. The van der Waals surface area contributed by atoms with Crippen LogP contribution in [-0.2, 0) is 54.1 Å². The van der Waals surface area contributed by atoms with E-state index >= 15 is 0 Å². The highest BCUT2D eigenvalue weighted by Crippen LogP contribution is 2.44. The van der Waals surface area contributed by atoms with Gasteiger partial charge in [-0.3, -0.25) is 28.8 Å². The van der Waals surface area contributed by atoms with Crippen molar-refractivity contribution in [2.45, 2.75) is 142 Å². The van der Waals surface area contributed by atoms with E-state index in [0.29, 0.717) is 32.4 Å². The van der Waals surface area contributed by atoms with Gasteiger partial charge in [-0.2, -0.15) is 0 Å². The van der Waals surface area contributed by atoms with E-state index < -0.39 is 54.1 Å². The number of carbonyl (C=O) groups excluding carboxylic acids is 5. The maximum Gasteiger partial charge on any atom is 0.307 e. The Morgan fingerprint density at radius 1 is 0.909 bits per heavy atom. The highest BCUT2D eigenvalue weighted by atomic mass is 16.5. The lowest BCUT2D eigenvalue weighted by molar-refractivity contribution is -0.150. The molecule has 0 spiro atoms. The van der Waals surface area contributed by atoms with Crippen molar-refractivity contribution >= 4 is 35.3 Å². The molecular weight excluding hydrogens is 849 g/mol. The van der Waals surface area contributed by atoms with Crippen molar-refractivity contribution in [1.82, 2.24) is 14.7 Å². The topological polar surface area (TPSA) is 218 Å². The first kappa shape index (κ1) is 54.2. The number of Topliss-reactive ketones (excluding diaryl/α,β-unsaturated/α-hetero) is 2. The van der Waals surface area contributed by atoms with Crippen LogP contribution in [0.1, 0.15) is 104 Å². The van der Waals surface area contributed by atoms with Crippen LogP contribution in [0.5, 0.6) is 0 Å². The van der Waals surface area contributed by atoms with Gasteiger partial charge in [-0.15, -0.1) is 0 Å². The van der Waals surface area contributed by atoms with E-state index in [0.717, 1.165) is 24.8 Å². The summed E-state index contributed by atoms with van der Waals surface area (Å²) in [5.74, 6) is -4.40. The van der Waals surface area contributed by atoms with Gasteiger partial charge in [0.2, 0.25) is 17.7 Å². The lowest BCUT2D eigenvalue weighted by atomic mass is 9.83. The second kappa shape index (κ2) is 26.8. The van der Waals surface area contributed by atoms with Crippen LogP contribution in [0.3, 0.4) is 0 Å². The molecule has 4 rings (SSSR count). The summed E-state index contributed by atoms with van der Waals surface area (Å²) in [5, 5.41) is 13.4. The van der Waals surface area contributed by atoms with Crippen LogP contribution in [0, 0.1) is 35.5 Å². The fraction of sp³-hybridized carbons (Fsp3) is 0.755. The van der Waals surface area contributed by atoms with E-state index in [9.17, 15) is 33.9 Å². The van der Waals surface area contributed by atoms with E-state index in [1.807, 2.05) is 58.0 Å². The summed E-state index contributed by atoms with van der Waals surface area (Å²) in [6.45, 7) is 11.4. The Kier molecular flexibility index (Phi) is 22.0. The van der Waals surface area contributed by atoms with Crippen LogP contribution in [0.25, 0.3) is 10.4 Å². The van der Waals surface area contributed by atoms with Crippen LogP contribution in [0.2, 0.25) is 0 Å². The van der Waals surface area contributed by atoms with Crippen molar-refractivity contribution in [1.29, 1.82) is 0 Å². The number of nitrogens with zero attached hydrogens (tertiary/aromatic N) is 6. The molecule has 17 nitrogen and oxygen atoms in total. The number of likely N-dealkylation sites (N-methyl/N-ethyl adjacent to an activating group) is 1. The number of rotatable bonds is 30. The third-order valence-corrected chi connectivity index (χ3v) is 14.5. The molecule has 3 amide bonds. The average molecular weight is 925 g/mol. The molecule has 3 fully saturated rings. The molecule has 2 aliphatic heterocycles. The number of likely N-dealkylation sites (tertiary alicyclic amines) is 2. The second-order valence-electron chi connectivity index (χ2n) is 18.9. The van der Waals surface area contributed by atoms with Crippen LogP contribution in [0.4, 0.5) is 0 Å². The molecule has 66 heavy (non-hydrogen) atoms. The van der Waals surface area contributed by atoms with Gasteiger partial charge in [0.1, 0.15) is 5.78 Å². The lowest BCUT2D eigenvalue weighted by Crippen LogP contribution is -2.54. The number of carboxylic acids is 1. The zero-order valence-corrected chi connectivity index (χ0v) is 40.5. The van der Waals surface area contributed by atoms with Crippen molar-refractivity contribution in [3.05, 3.63) is 46.3 Å². The maximum atomic E-state index is 14.7. The van der Waals surface area contributed by atoms with Gasteiger partial charge < -0.3 is 38.8 Å². The molecule has 1 N–H and O–H groups in total. The van der Waals surface area contributed by atoms with Gasteiger partial charge in [0, 0.05) is 70.0 Å². The number of hydrogen-bond acceptors (Lipinski definition) is 11. The summed E-state index contributed by atoms with van der Waals surface area (Å²) in [5.41, 5.74) is 9.21. The Morgan fingerprint density at radius 2 is 1.61 bits per heavy atom. The first-order valence-electron chi connectivity index (χ1n) is 24.0. The number of amides is 3. The lowest BCUT2D eigenvalue weighted by Gasteiger charge is -2.41. The largest absolute Gasteiger partial charge is 0.481 e. The normalized spacial score (nSPS) is 22.3. The number of ketones is 2. The minimum Gasteiger partial charge on any atom is -0.481 e. The molecule has 368 valence electrons. The van der Waals surface area contributed by atoms with Crippen LogP contribution >= 0.6 is 0 Å². The highest BCUT2D eigenvalue weighted by molar-refractivity contribution is 5.94. The number of carbonyl (C=O) groups is 6. The first-order valence-corrected chi connectivity index (χ1v) is 24.0. The van der Waals surface area contributed by atoms with Gasteiger partial charge in [0.15, 0.2) is 5.78 Å². The Bertz CT molecular complexity index is 1810. The van der Waals surface area contributed by atoms with E-state index in [-0.39, 0.29) is 112 Å². The summed E-state index contributed by atoms with van der Waals surface area (Å²) in [4.78, 5) is 90.8.